The van der Waals surface area contributed by atoms with E-state index in [9.17, 15) is 0 Å². The number of aromatic nitrogens is 1. The second-order valence-electron chi connectivity index (χ2n) is 11.3. The van der Waals surface area contributed by atoms with E-state index in [-0.39, 0.29) is 6.04 Å². The summed E-state index contributed by atoms with van der Waals surface area (Å²) < 4.78 is 0. The average Bonchev–Trinajstić information content (AvgIpc) is 3.06. The Kier molecular flexibility index (Phi) is 7.12. The van der Waals surface area contributed by atoms with Crippen LogP contribution >= 0.6 is 15.8 Å². The summed E-state index contributed by atoms with van der Waals surface area (Å²) >= 11 is 0. The lowest BCUT2D eigenvalue weighted by Gasteiger charge is -2.33. The lowest BCUT2D eigenvalue weighted by molar-refractivity contribution is 0.868. The van der Waals surface area contributed by atoms with Gasteiger partial charge >= 0.3 is 0 Å². The summed E-state index contributed by atoms with van der Waals surface area (Å²) in [5.74, 6) is 0. The molecule has 3 atom stereocenters. The highest BCUT2D eigenvalue weighted by Crippen LogP contribution is 2.52. The molecule has 0 spiro atoms. The van der Waals surface area contributed by atoms with E-state index < -0.39 is 15.8 Å². The fourth-order valence-corrected chi connectivity index (χ4v) is 11.6. The highest BCUT2D eigenvalue weighted by atomic mass is 31.1. The van der Waals surface area contributed by atoms with E-state index >= 15 is 0 Å². The maximum atomic E-state index is 5.52. The molecule has 1 aromatic heterocycles. The first kappa shape index (κ1) is 26.5. The first-order valence-electron chi connectivity index (χ1n) is 15.0. The van der Waals surface area contributed by atoms with Crippen molar-refractivity contribution < 1.29 is 0 Å². The fraction of sp³-hybridized carbons (Fsp3) is 0.103. The maximum absolute atomic E-state index is 5.52. The molecule has 3 unspecified atom stereocenters. The third-order valence-corrected chi connectivity index (χ3v) is 13.8. The molecule has 208 valence electrons. The van der Waals surface area contributed by atoms with E-state index in [4.69, 9.17) is 4.98 Å². The number of nitrogens with one attached hydrogen (secondary N) is 1. The number of allylic oxidation sites excluding steroid dienone is 2. The van der Waals surface area contributed by atoms with Gasteiger partial charge in [-0.3, -0.25) is 0 Å². The van der Waals surface area contributed by atoms with Gasteiger partial charge in [-0.1, -0.05) is 133 Å². The zero-order chi connectivity index (χ0) is 28.6. The number of rotatable bonds is 2. The maximum Gasteiger partial charge on any atom is 0.0745 e. The molecule has 2 nitrogen and oxygen atoms in total. The number of hydrogen-bond donors (Lipinski definition) is 1. The van der Waals surface area contributed by atoms with Crippen LogP contribution in [0.4, 0.5) is 5.69 Å². The Morgan fingerprint density at radius 2 is 1.21 bits per heavy atom. The summed E-state index contributed by atoms with van der Waals surface area (Å²) in [6.45, 7) is 0. The molecule has 6 aromatic rings. The van der Waals surface area contributed by atoms with Gasteiger partial charge in [0.1, 0.15) is 0 Å². The zero-order valence-electron chi connectivity index (χ0n) is 23.9. The standard InChI is InChI=1S/C39H32N2P2/c1-3-17-32(18-4-1)42-26-30-15-11-13-28-25-29-14-12-16-31(39(29)41-38(28)30)27-43(33-19-5-2-6-20-33)37-24-10-8-22-35(37)40-34-21-7-9-23-36(34)42/h1-21,23-25,35,40H,22,26-27H2. The number of hydrogen-bond acceptors (Lipinski definition) is 2. The number of benzene rings is 5. The minimum absolute atomic E-state index is 0.231. The molecule has 0 saturated heterocycles. The largest absolute Gasteiger partial charge is 0.377 e. The predicted octanol–water partition coefficient (Wildman–Crippen LogP) is 8.97. The van der Waals surface area contributed by atoms with Crippen LogP contribution in [0.2, 0.25) is 0 Å². The molecule has 43 heavy (non-hydrogen) atoms. The summed E-state index contributed by atoms with van der Waals surface area (Å²) in [6.07, 6.45) is 9.86. The Morgan fingerprint density at radius 3 is 1.91 bits per heavy atom. The number of para-hydroxylation sites is 3. The highest BCUT2D eigenvalue weighted by molar-refractivity contribution is 7.72. The van der Waals surface area contributed by atoms with E-state index in [1.54, 1.807) is 0 Å². The van der Waals surface area contributed by atoms with Crippen molar-refractivity contribution in [3.63, 3.8) is 0 Å². The molecule has 2 aliphatic rings. The van der Waals surface area contributed by atoms with Crippen LogP contribution in [-0.2, 0) is 12.3 Å². The van der Waals surface area contributed by atoms with E-state index in [1.165, 1.54) is 48.8 Å². The number of nitrogens with zero attached hydrogens (tertiary/aromatic N) is 1. The summed E-state index contributed by atoms with van der Waals surface area (Å²) in [5, 5.41) is 12.2. The normalized spacial score (nSPS) is 19.8. The van der Waals surface area contributed by atoms with Crippen molar-refractivity contribution in [3.8, 4) is 0 Å². The third kappa shape index (κ3) is 5.10. The molecule has 1 aliphatic carbocycles. The van der Waals surface area contributed by atoms with Crippen LogP contribution in [-0.4, -0.2) is 11.0 Å². The molecular formula is C39H32N2P2. The average molecular weight is 591 g/mol. The molecule has 2 heterocycles. The second-order valence-corrected chi connectivity index (χ2v) is 15.7. The summed E-state index contributed by atoms with van der Waals surface area (Å²) in [4.78, 5) is 5.52. The lowest BCUT2D eigenvalue weighted by Crippen LogP contribution is -2.28. The summed E-state index contributed by atoms with van der Waals surface area (Å²) in [7, 11) is -1.33. The minimum atomic E-state index is -0.685. The van der Waals surface area contributed by atoms with Gasteiger partial charge in [0.05, 0.1) is 17.1 Å². The van der Waals surface area contributed by atoms with Crippen LogP contribution in [0.5, 0.6) is 0 Å². The van der Waals surface area contributed by atoms with Crippen LogP contribution in [0.15, 0.2) is 151 Å². The quantitative estimate of drug-likeness (QED) is 0.161. The Bertz CT molecular complexity index is 2000. The van der Waals surface area contributed by atoms with Gasteiger partial charge in [-0.25, -0.2) is 4.98 Å². The zero-order valence-corrected chi connectivity index (χ0v) is 25.7. The van der Waals surface area contributed by atoms with Crippen molar-refractivity contribution in [1.29, 1.82) is 0 Å². The molecule has 2 bridgehead atoms. The van der Waals surface area contributed by atoms with Crippen molar-refractivity contribution in [2.24, 2.45) is 0 Å². The van der Waals surface area contributed by atoms with Crippen molar-refractivity contribution in [1.82, 2.24) is 4.98 Å². The van der Waals surface area contributed by atoms with Crippen molar-refractivity contribution in [2.75, 3.05) is 5.32 Å². The summed E-state index contributed by atoms with van der Waals surface area (Å²) in [5.41, 5.74) is 6.18. The van der Waals surface area contributed by atoms with E-state index in [0.717, 1.165) is 29.8 Å². The Hall–Kier alpha value is -4.09. The molecule has 0 fully saturated rings. The number of pyridine rings is 1. The minimum Gasteiger partial charge on any atom is -0.377 e. The van der Waals surface area contributed by atoms with Gasteiger partial charge in [0.2, 0.25) is 0 Å². The molecule has 0 saturated carbocycles. The van der Waals surface area contributed by atoms with Crippen molar-refractivity contribution in [3.05, 3.63) is 162 Å². The Labute approximate surface area is 255 Å². The van der Waals surface area contributed by atoms with Gasteiger partial charge in [0.15, 0.2) is 0 Å². The van der Waals surface area contributed by atoms with Crippen LogP contribution in [0.1, 0.15) is 17.5 Å². The van der Waals surface area contributed by atoms with Gasteiger partial charge in [-0.2, -0.15) is 0 Å². The van der Waals surface area contributed by atoms with Gasteiger partial charge in [-0.05, 0) is 61.4 Å². The smallest absolute Gasteiger partial charge is 0.0745 e. The first-order chi connectivity index (χ1) is 21.3. The second kappa shape index (κ2) is 11.5. The molecule has 1 aliphatic heterocycles. The van der Waals surface area contributed by atoms with E-state index in [1.807, 2.05) is 0 Å². The van der Waals surface area contributed by atoms with E-state index in [0.29, 0.717) is 0 Å². The van der Waals surface area contributed by atoms with Crippen LogP contribution in [0.3, 0.4) is 0 Å². The third-order valence-electron chi connectivity index (χ3n) is 8.60. The van der Waals surface area contributed by atoms with Crippen molar-refractivity contribution in [2.45, 2.75) is 24.8 Å². The number of anilines is 1. The molecule has 4 heteroatoms. The van der Waals surface area contributed by atoms with Gasteiger partial charge in [0.25, 0.3) is 0 Å². The van der Waals surface area contributed by atoms with Crippen LogP contribution in [0.25, 0.3) is 21.8 Å². The van der Waals surface area contributed by atoms with Gasteiger partial charge < -0.3 is 5.32 Å². The predicted molar refractivity (Wildman–Crippen MR) is 188 cm³/mol. The topological polar surface area (TPSA) is 24.9 Å². The van der Waals surface area contributed by atoms with Crippen LogP contribution in [0, 0.1) is 0 Å². The molecule has 8 rings (SSSR count). The summed E-state index contributed by atoms with van der Waals surface area (Å²) in [6, 6.07) is 47.3. The van der Waals surface area contributed by atoms with Crippen LogP contribution < -0.4 is 21.2 Å². The molecule has 0 amide bonds. The Balaban J connectivity index is 1.41. The molecule has 5 aromatic carbocycles. The SMILES string of the molecule is C1=CCC2Nc3ccccc3P(c3ccccc3)Cc3cccc4cc5cccc(c5nc34)CP(c3ccccc3)C2=C1. The molecular weight excluding hydrogens is 558 g/mol. The van der Waals surface area contributed by atoms with Gasteiger partial charge in [0, 0.05) is 34.1 Å². The highest BCUT2D eigenvalue weighted by Gasteiger charge is 2.28. The monoisotopic (exact) mass is 590 g/mol. The first-order valence-corrected chi connectivity index (χ1v) is 18.0. The lowest BCUT2D eigenvalue weighted by atomic mass is 10.1. The fourth-order valence-electron chi connectivity index (χ4n) is 6.51. The van der Waals surface area contributed by atoms with Crippen molar-refractivity contribution >= 4 is 59.3 Å². The molecule has 0 radical (unpaired) electrons. The molecule has 1 N–H and O–H groups in total. The van der Waals surface area contributed by atoms with E-state index in [2.05, 4.69) is 151 Å². The number of fused-ring (bicyclic) bond motifs is 2. The van der Waals surface area contributed by atoms with Gasteiger partial charge in [-0.15, -0.1) is 0 Å². The Morgan fingerprint density at radius 1 is 0.605 bits per heavy atom.